The summed E-state index contributed by atoms with van der Waals surface area (Å²) in [5.41, 5.74) is 2.86. The van der Waals surface area contributed by atoms with Gasteiger partial charge in [-0.1, -0.05) is 12.1 Å². The molecule has 1 heterocycles. The second-order valence-corrected chi connectivity index (χ2v) is 4.30. The zero-order valence-electron chi connectivity index (χ0n) is 10.6. The SMILES string of the molecule is COc1cccc(CC(O)c2ccnc(C)c2)c1. The van der Waals surface area contributed by atoms with Gasteiger partial charge in [-0.3, -0.25) is 4.98 Å². The van der Waals surface area contributed by atoms with Gasteiger partial charge in [0.2, 0.25) is 0 Å². The maximum Gasteiger partial charge on any atom is 0.119 e. The molecule has 1 atom stereocenters. The number of aromatic nitrogens is 1. The Bertz CT molecular complexity index is 525. The van der Waals surface area contributed by atoms with E-state index < -0.39 is 6.10 Å². The summed E-state index contributed by atoms with van der Waals surface area (Å²) in [6.45, 7) is 1.92. The molecule has 18 heavy (non-hydrogen) atoms. The van der Waals surface area contributed by atoms with Crippen LogP contribution < -0.4 is 4.74 Å². The molecule has 1 N–H and O–H groups in total. The molecule has 0 aliphatic carbocycles. The minimum absolute atomic E-state index is 0.515. The first-order chi connectivity index (χ1) is 8.69. The van der Waals surface area contributed by atoms with Crippen LogP contribution in [0.1, 0.15) is 22.9 Å². The molecule has 0 saturated carbocycles. The van der Waals surface area contributed by atoms with Gasteiger partial charge >= 0.3 is 0 Å². The van der Waals surface area contributed by atoms with Crippen molar-refractivity contribution >= 4 is 0 Å². The van der Waals surface area contributed by atoms with Crippen molar-refractivity contribution in [2.75, 3.05) is 7.11 Å². The first kappa shape index (κ1) is 12.6. The third-order valence-electron chi connectivity index (χ3n) is 2.87. The lowest BCUT2D eigenvalue weighted by atomic mass is 10.0. The topological polar surface area (TPSA) is 42.4 Å². The third kappa shape index (κ3) is 3.08. The zero-order chi connectivity index (χ0) is 13.0. The van der Waals surface area contributed by atoms with Gasteiger partial charge in [0.1, 0.15) is 5.75 Å². The number of aliphatic hydroxyl groups excluding tert-OH is 1. The summed E-state index contributed by atoms with van der Waals surface area (Å²) in [5.74, 6) is 0.811. The highest BCUT2D eigenvalue weighted by Crippen LogP contribution is 2.21. The smallest absolute Gasteiger partial charge is 0.119 e. The monoisotopic (exact) mass is 243 g/mol. The van der Waals surface area contributed by atoms with Gasteiger partial charge in [0, 0.05) is 18.3 Å². The number of benzene rings is 1. The molecule has 0 bridgehead atoms. The predicted molar refractivity (Wildman–Crippen MR) is 70.6 cm³/mol. The van der Waals surface area contributed by atoms with Crippen LogP contribution in [0, 0.1) is 6.92 Å². The van der Waals surface area contributed by atoms with Crippen LogP contribution in [-0.4, -0.2) is 17.2 Å². The molecule has 3 nitrogen and oxygen atoms in total. The maximum atomic E-state index is 10.2. The highest BCUT2D eigenvalue weighted by molar-refractivity contribution is 5.30. The van der Waals surface area contributed by atoms with E-state index in [1.807, 2.05) is 43.3 Å². The van der Waals surface area contributed by atoms with Crippen LogP contribution in [0.3, 0.4) is 0 Å². The standard InChI is InChI=1S/C15H17NO2/c1-11-8-13(6-7-16-11)15(17)10-12-4-3-5-14(9-12)18-2/h3-9,15,17H,10H2,1-2H3. The minimum atomic E-state index is -0.515. The van der Waals surface area contributed by atoms with Gasteiger partial charge in [-0.25, -0.2) is 0 Å². The van der Waals surface area contributed by atoms with Gasteiger partial charge in [0.15, 0.2) is 0 Å². The van der Waals surface area contributed by atoms with E-state index >= 15 is 0 Å². The van der Waals surface area contributed by atoms with E-state index in [-0.39, 0.29) is 0 Å². The van der Waals surface area contributed by atoms with E-state index in [0.29, 0.717) is 6.42 Å². The summed E-state index contributed by atoms with van der Waals surface area (Å²) >= 11 is 0. The second-order valence-electron chi connectivity index (χ2n) is 4.30. The lowest BCUT2D eigenvalue weighted by Crippen LogP contribution is -2.02. The number of methoxy groups -OCH3 is 1. The number of pyridine rings is 1. The molecule has 0 aliphatic rings. The highest BCUT2D eigenvalue weighted by Gasteiger charge is 2.09. The predicted octanol–water partition coefficient (Wildman–Crippen LogP) is 2.67. The fourth-order valence-electron chi connectivity index (χ4n) is 1.92. The van der Waals surface area contributed by atoms with Crippen molar-refractivity contribution in [1.29, 1.82) is 0 Å². The highest BCUT2D eigenvalue weighted by atomic mass is 16.5. The molecule has 0 spiro atoms. The van der Waals surface area contributed by atoms with Crippen LogP contribution >= 0.6 is 0 Å². The largest absolute Gasteiger partial charge is 0.497 e. The molecule has 1 unspecified atom stereocenters. The molecule has 0 fully saturated rings. The molecule has 2 rings (SSSR count). The third-order valence-corrected chi connectivity index (χ3v) is 2.87. The summed E-state index contributed by atoms with van der Waals surface area (Å²) in [5, 5.41) is 10.2. The van der Waals surface area contributed by atoms with E-state index in [0.717, 1.165) is 22.6 Å². The zero-order valence-corrected chi connectivity index (χ0v) is 10.6. The molecule has 1 aromatic carbocycles. The van der Waals surface area contributed by atoms with Gasteiger partial charge in [-0.15, -0.1) is 0 Å². The number of hydrogen-bond acceptors (Lipinski definition) is 3. The summed E-state index contributed by atoms with van der Waals surface area (Å²) in [7, 11) is 1.64. The van der Waals surface area contributed by atoms with Gasteiger partial charge in [0.05, 0.1) is 13.2 Å². The normalized spacial score (nSPS) is 12.2. The van der Waals surface area contributed by atoms with Gasteiger partial charge in [0.25, 0.3) is 0 Å². The Balaban J connectivity index is 2.13. The molecular formula is C15H17NO2. The van der Waals surface area contributed by atoms with Crippen LogP contribution in [0.5, 0.6) is 5.75 Å². The number of hydrogen-bond donors (Lipinski definition) is 1. The van der Waals surface area contributed by atoms with Gasteiger partial charge in [-0.2, -0.15) is 0 Å². The van der Waals surface area contributed by atoms with Crippen LogP contribution in [0.25, 0.3) is 0 Å². The quantitative estimate of drug-likeness (QED) is 0.897. The Morgan fingerprint density at radius 3 is 2.83 bits per heavy atom. The summed E-state index contributed by atoms with van der Waals surface area (Å²) in [6.07, 6.45) is 1.78. The summed E-state index contributed by atoms with van der Waals surface area (Å²) in [4.78, 5) is 4.13. The van der Waals surface area contributed by atoms with Crippen molar-refractivity contribution in [2.24, 2.45) is 0 Å². The first-order valence-corrected chi connectivity index (χ1v) is 5.92. The average molecular weight is 243 g/mol. The Hall–Kier alpha value is -1.87. The molecule has 0 aliphatic heterocycles. The first-order valence-electron chi connectivity index (χ1n) is 5.92. The second kappa shape index (κ2) is 5.65. The Morgan fingerprint density at radius 2 is 2.11 bits per heavy atom. The molecule has 3 heteroatoms. The van der Waals surface area contributed by atoms with E-state index in [9.17, 15) is 5.11 Å². The fraction of sp³-hybridized carbons (Fsp3) is 0.267. The number of aryl methyl sites for hydroxylation is 1. The van der Waals surface area contributed by atoms with Crippen LogP contribution in [-0.2, 0) is 6.42 Å². The molecule has 0 radical (unpaired) electrons. The number of rotatable bonds is 4. The molecule has 1 aromatic heterocycles. The van der Waals surface area contributed by atoms with Crippen LogP contribution in [0.4, 0.5) is 0 Å². The van der Waals surface area contributed by atoms with E-state index in [1.54, 1.807) is 13.3 Å². The van der Waals surface area contributed by atoms with Crippen molar-refractivity contribution in [2.45, 2.75) is 19.4 Å². The van der Waals surface area contributed by atoms with Crippen molar-refractivity contribution in [1.82, 2.24) is 4.98 Å². The molecule has 0 amide bonds. The van der Waals surface area contributed by atoms with E-state index in [4.69, 9.17) is 4.74 Å². The number of aliphatic hydroxyl groups is 1. The van der Waals surface area contributed by atoms with Crippen molar-refractivity contribution < 1.29 is 9.84 Å². The Morgan fingerprint density at radius 1 is 1.28 bits per heavy atom. The average Bonchev–Trinajstić information content (AvgIpc) is 2.39. The summed E-state index contributed by atoms with van der Waals surface area (Å²) < 4.78 is 5.17. The summed E-state index contributed by atoms with van der Waals surface area (Å²) in [6, 6.07) is 11.5. The van der Waals surface area contributed by atoms with Crippen molar-refractivity contribution in [3.05, 3.63) is 59.4 Å². The Kier molecular flexibility index (Phi) is 3.95. The number of ether oxygens (including phenoxy) is 1. The lowest BCUT2D eigenvalue weighted by molar-refractivity contribution is 0.178. The van der Waals surface area contributed by atoms with Crippen molar-refractivity contribution in [3.63, 3.8) is 0 Å². The van der Waals surface area contributed by atoms with E-state index in [1.165, 1.54) is 0 Å². The van der Waals surface area contributed by atoms with Gasteiger partial charge < -0.3 is 9.84 Å². The van der Waals surface area contributed by atoms with Gasteiger partial charge in [-0.05, 0) is 42.3 Å². The lowest BCUT2D eigenvalue weighted by Gasteiger charge is -2.12. The Labute approximate surface area is 107 Å². The maximum absolute atomic E-state index is 10.2. The van der Waals surface area contributed by atoms with E-state index in [2.05, 4.69) is 4.98 Å². The van der Waals surface area contributed by atoms with Crippen LogP contribution in [0.2, 0.25) is 0 Å². The van der Waals surface area contributed by atoms with Crippen LogP contribution in [0.15, 0.2) is 42.6 Å². The molecule has 94 valence electrons. The minimum Gasteiger partial charge on any atom is -0.497 e. The van der Waals surface area contributed by atoms with Crippen molar-refractivity contribution in [3.8, 4) is 5.75 Å². The molecule has 2 aromatic rings. The molecular weight excluding hydrogens is 226 g/mol. The fourth-order valence-corrected chi connectivity index (χ4v) is 1.92. The number of nitrogens with zero attached hydrogens (tertiary/aromatic N) is 1. The molecule has 0 saturated heterocycles.